The molecule has 0 aliphatic heterocycles. The van der Waals surface area contributed by atoms with E-state index in [0.29, 0.717) is 6.54 Å². The highest BCUT2D eigenvalue weighted by atomic mass is 32.1. The Kier molecular flexibility index (Phi) is 4.81. The van der Waals surface area contributed by atoms with Crippen LogP contribution in [0.4, 0.5) is 0 Å². The Morgan fingerprint density at radius 2 is 2.43 bits per heavy atom. The number of amides is 1. The average molecular weight is 207 g/mol. The van der Waals surface area contributed by atoms with Gasteiger partial charge in [-0.25, -0.2) is 0 Å². The SMILES string of the molecule is C#CCCCCNC(=O)c1ccsc1. The number of hydrogen-bond acceptors (Lipinski definition) is 2. The first kappa shape index (κ1) is 10.8. The van der Waals surface area contributed by atoms with Crippen LogP contribution in [-0.4, -0.2) is 12.5 Å². The second kappa shape index (κ2) is 6.22. The zero-order chi connectivity index (χ0) is 10.2. The zero-order valence-electron chi connectivity index (χ0n) is 7.95. The number of rotatable bonds is 5. The lowest BCUT2D eigenvalue weighted by Crippen LogP contribution is -2.23. The quantitative estimate of drug-likeness (QED) is 0.582. The van der Waals surface area contributed by atoms with Crippen LogP contribution in [0.3, 0.4) is 0 Å². The van der Waals surface area contributed by atoms with Crippen LogP contribution in [0.5, 0.6) is 0 Å². The molecule has 0 atom stereocenters. The molecule has 0 aliphatic rings. The van der Waals surface area contributed by atoms with Crippen LogP contribution in [0.15, 0.2) is 16.8 Å². The summed E-state index contributed by atoms with van der Waals surface area (Å²) in [5, 5.41) is 6.58. The Balaban J connectivity index is 2.14. The Morgan fingerprint density at radius 3 is 3.07 bits per heavy atom. The van der Waals surface area contributed by atoms with E-state index in [4.69, 9.17) is 6.42 Å². The molecule has 2 nitrogen and oxygen atoms in total. The van der Waals surface area contributed by atoms with E-state index < -0.39 is 0 Å². The van der Waals surface area contributed by atoms with Crippen molar-refractivity contribution in [1.82, 2.24) is 5.32 Å². The zero-order valence-corrected chi connectivity index (χ0v) is 8.77. The normalized spacial score (nSPS) is 9.36. The molecule has 1 aromatic heterocycles. The lowest BCUT2D eigenvalue weighted by molar-refractivity contribution is 0.0953. The van der Waals surface area contributed by atoms with Crippen LogP contribution in [0, 0.1) is 12.3 Å². The van der Waals surface area contributed by atoms with Gasteiger partial charge in [-0.3, -0.25) is 4.79 Å². The predicted molar refractivity (Wildman–Crippen MR) is 59.3 cm³/mol. The van der Waals surface area contributed by atoms with Gasteiger partial charge < -0.3 is 5.32 Å². The van der Waals surface area contributed by atoms with E-state index in [9.17, 15) is 4.79 Å². The molecule has 14 heavy (non-hydrogen) atoms. The molecular weight excluding hydrogens is 194 g/mol. The molecule has 0 spiro atoms. The molecule has 1 rings (SSSR count). The minimum absolute atomic E-state index is 0.00644. The molecule has 0 bridgehead atoms. The second-order valence-electron chi connectivity index (χ2n) is 2.93. The van der Waals surface area contributed by atoms with Gasteiger partial charge in [0.15, 0.2) is 0 Å². The molecule has 0 saturated carbocycles. The van der Waals surface area contributed by atoms with Gasteiger partial charge in [0.2, 0.25) is 0 Å². The van der Waals surface area contributed by atoms with Gasteiger partial charge >= 0.3 is 0 Å². The maximum atomic E-state index is 11.4. The smallest absolute Gasteiger partial charge is 0.252 e. The van der Waals surface area contributed by atoms with E-state index in [2.05, 4.69) is 11.2 Å². The largest absolute Gasteiger partial charge is 0.352 e. The van der Waals surface area contributed by atoms with Crippen LogP contribution in [0.2, 0.25) is 0 Å². The highest BCUT2D eigenvalue weighted by Crippen LogP contribution is 2.05. The summed E-state index contributed by atoms with van der Waals surface area (Å²) < 4.78 is 0. The summed E-state index contributed by atoms with van der Waals surface area (Å²) in [6.45, 7) is 0.705. The fraction of sp³-hybridized carbons (Fsp3) is 0.364. The van der Waals surface area contributed by atoms with Gasteiger partial charge in [-0.15, -0.1) is 12.3 Å². The summed E-state index contributed by atoms with van der Waals surface area (Å²) in [7, 11) is 0. The average Bonchev–Trinajstić information content (AvgIpc) is 2.70. The first-order chi connectivity index (χ1) is 6.84. The van der Waals surface area contributed by atoms with Crippen molar-refractivity contribution in [1.29, 1.82) is 0 Å². The molecule has 1 N–H and O–H groups in total. The number of carbonyl (C=O) groups is 1. The first-order valence-electron chi connectivity index (χ1n) is 4.58. The van der Waals surface area contributed by atoms with Crippen molar-refractivity contribution in [3.8, 4) is 12.3 Å². The van der Waals surface area contributed by atoms with Gasteiger partial charge in [-0.2, -0.15) is 11.3 Å². The molecule has 0 fully saturated rings. The topological polar surface area (TPSA) is 29.1 Å². The summed E-state index contributed by atoms with van der Waals surface area (Å²) in [5.41, 5.74) is 0.743. The lowest BCUT2D eigenvalue weighted by Gasteiger charge is -2.01. The highest BCUT2D eigenvalue weighted by Gasteiger charge is 2.03. The molecule has 0 radical (unpaired) electrons. The monoisotopic (exact) mass is 207 g/mol. The van der Waals surface area contributed by atoms with Gasteiger partial charge in [0.05, 0.1) is 0 Å². The number of hydrogen-bond donors (Lipinski definition) is 1. The maximum Gasteiger partial charge on any atom is 0.252 e. The van der Waals surface area contributed by atoms with Crippen molar-refractivity contribution in [3.05, 3.63) is 22.4 Å². The molecule has 0 aliphatic carbocycles. The van der Waals surface area contributed by atoms with Crippen molar-refractivity contribution >= 4 is 17.2 Å². The Labute approximate surface area is 88.3 Å². The number of carbonyl (C=O) groups excluding carboxylic acids is 1. The van der Waals surface area contributed by atoms with E-state index in [-0.39, 0.29) is 5.91 Å². The van der Waals surface area contributed by atoms with E-state index in [1.165, 1.54) is 11.3 Å². The minimum atomic E-state index is 0.00644. The molecule has 1 aromatic rings. The van der Waals surface area contributed by atoms with Gasteiger partial charge in [0.1, 0.15) is 0 Å². The number of unbranched alkanes of at least 4 members (excludes halogenated alkanes) is 2. The van der Waals surface area contributed by atoms with E-state index in [0.717, 1.165) is 24.8 Å². The Hall–Kier alpha value is -1.27. The van der Waals surface area contributed by atoms with Crippen molar-refractivity contribution in [2.24, 2.45) is 0 Å². The molecule has 1 amide bonds. The minimum Gasteiger partial charge on any atom is -0.352 e. The van der Waals surface area contributed by atoms with Crippen LogP contribution >= 0.6 is 11.3 Å². The van der Waals surface area contributed by atoms with Crippen LogP contribution in [-0.2, 0) is 0 Å². The van der Waals surface area contributed by atoms with Gasteiger partial charge in [0.25, 0.3) is 5.91 Å². The third-order valence-corrected chi connectivity index (χ3v) is 2.50. The van der Waals surface area contributed by atoms with Gasteiger partial charge in [-0.05, 0) is 24.3 Å². The summed E-state index contributed by atoms with van der Waals surface area (Å²) in [6, 6.07) is 1.82. The van der Waals surface area contributed by atoms with Crippen molar-refractivity contribution in [3.63, 3.8) is 0 Å². The molecule has 0 aromatic carbocycles. The van der Waals surface area contributed by atoms with Crippen molar-refractivity contribution < 1.29 is 4.79 Å². The summed E-state index contributed by atoms with van der Waals surface area (Å²) in [5.74, 6) is 2.58. The third-order valence-electron chi connectivity index (χ3n) is 1.82. The fourth-order valence-electron chi connectivity index (χ4n) is 1.05. The van der Waals surface area contributed by atoms with E-state index in [1.807, 2.05) is 16.8 Å². The van der Waals surface area contributed by atoms with Crippen LogP contribution in [0.1, 0.15) is 29.6 Å². The second-order valence-corrected chi connectivity index (χ2v) is 3.71. The lowest BCUT2D eigenvalue weighted by atomic mass is 10.2. The predicted octanol–water partition coefficient (Wildman–Crippen LogP) is 2.28. The van der Waals surface area contributed by atoms with E-state index in [1.54, 1.807) is 0 Å². The summed E-state index contributed by atoms with van der Waals surface area (Å²) >= 11 is 1.53. The molecule has 74 valence electrons. The molecule has 1 heterocycles. The number of terminal acetylenes is 1. The van der Waals surface area contributed by atoms with Gasteiger partial charge in [-0.1, -0.05) is 0 Å². The van der Waals surface area contributed by atoms with E-state index >= 15 is 0 Å². The van der Waals surface area contributed by atoms with Crippen molar-refractivity contribution in [2.45, 2.75) is 19.3 Å². The van der Waals surface area contributed by atoms with Gasteiger partial charge in [0, 0.05) is 23.9 Å². The maximum absolute atomic E-state index is 11.4. The van der Waals surface area contributed by atoms with Crippen LogP contribution in [0.25, 0.3) is 0 Å². The third kappa shape index (κ3) is 3.63. The standard InChI is InChI=1S/C11H13NOS/c1-2-3-4-5-7-12-11(13)10-6-8-14-9-10/h1,6,8-9H,3-5,7H2,(H,12,13). The Bertz CT molecular complexity index is 311. The first-order valence-corrected chi connectivity index (χ1v) is 5.52. The molecular formula is C11H13NOS. The van der Waals surface area contributed by atoms with Crippen molar-refractivity contribution in [2.75, 3.05) is 6.54 Å². The fourth-order valence-corrected chi connectivity index (χ4v) is 1.69. The summed E-state index contributed by atoms with van der Waals surface area (Å²) in [6.07, 6.45) is 7.81. The molecule has 0 saturated heterocycles. The molecule has 0 unspecified atom stereocenters. The van der Waals surface area contributed by atoms with Crippen LogP contribution < -0.4 is 5.32 Å². The number of thiophene rings is 1. The molecule has 3 heteroatoms. The summed E-state index contributed by atoms with van der Waals surface area (Å²) in [4.78, 5) is 11.4. The Morgan fingerprint density at radius 1 is 1.57 bits per heavy atom. The number of nitrogens with one attached hydrogen (secondary N) is 1. The highest BCUT2D eigenvalue weighted by molar-refractivity contribution is 7.08.